The zero-order chi connectivity index (χ0) is 14.2. The summed E-state index contributed by atoms with van der Waals surface area (Å²) in [7, 11) is 0. The van der Waals surface area contributed by atoms with Crippen molar-refractivity contribution in [1.29, 1.82) is 0 Å². The Morgan fingerprint density at radius 1 is 0.600 bits per heavy atom. The van der Waals surface area contributed by atoms with Crippen molar-refractivity contribution < 1.29 is 9.47 Å². The highest BCUT2D eigenvalue weighted by atomic mass is 16.5. The quantitative estimate of drug-likeness (QED) is 0.694. The molecule has 0 bridgehead atoms. The zero-order valence-electron chi connectivity index (χ0n) is 11.7. The molecule has 0 aliphatic carbocycles. The highest BCUT2D eigenvalue weighted by Gasteiger charge is 1.99. The number of ether oxygens (including phenoxy) is 2. The van der Waals surface area contributed by atoms with Crippen LogP contribution in [0.4, 0.5) is 0 Å². The molecule has 0 aliphatic rings. The molecule has 0 aromatic heterocycles. The van der Waals surface area contributed by atoms with Crippen LogP contribution in [0.5, 0.6) is 11.5 Å². The van der Waals surface area contributed by atoms with Crippen LogP contribution in [0.15, 0.2) is 73.2 Å². The maximum atomic E-state index is 5.40. The van der Waals surface area contributed by atoms with Gasteiger partial charge in [0.2, 0.25) is 0 Å². The molecule has 0 saturated carbocycles. The van der Waals surface area contributed by atoms with E-state index in [2.05, 4.69) is 0 Å². The molecule has 0 atom stereocenters. The molecule has 0 unspecified atom stereocenters. The van der Waals surface area contributed by atoms with Gasteiger partial charge in [-0.1, -0.05) is 36.4 Å². The van der Waals surface area contributed by atoms with Crippen molar-refractivity contribution in [1.82, 2.24) is 0 Å². The topological polar surface area (TPSA) is 18.5 Å². The van der Waals surface area contributed by atoms with Crippen LogP contribution in [0.3, 0.4) is 0 Å². The van der Waals surface area contributed by atoms with Crippen molar-refractivity contribution in [3.8, 4) is 22.6 Å². The van der Waals surface area contributed by atoms with E-state index in [9.17, 15) is 0 Å². The average molecular weight is 266 g/mol. The van der Waals surface area contributed by atoms with Gasteiger partial charge in [0.05, 0.1) is 12.5 Å². The van der Waals surface area contributed by atoms with Gasteiger partial charge in [0.1, 0.15) is 11.5 Å². The summed E-state index contributed by atoms with van der Waals surface area (Å²) in [6.45, 7) is 3.84. The van der Waals surface area contributed by atoms with Crippen molar-refractivity contribution in [2.45, 2.75) is 13.8 Å². The summed E-state index contributed by atoms with van der Waals surface area (Å²) in [5, 5.41) is 0. The number of rotatable bonds is 5. The van der Waals surface area contributed by atoms with E-state index in [0.29, 0.717) is 0 Å². The molecular weight excluding hydrogens is 248 g/mol. The smallest absolute Gasteiger partial charge is 0.126 e. The lowest BCUT2D eigenvalue weighted by Crippen LogP contribution is -1.84. The molecule has 20 heavy (non-hydrogen) atoms. The molecule has 2 aromatic rings. The van der Waals surface area contributed by atoms with E-state index < -0.39 is 0 Å². The van der Waals surface area contributed by atoms with Crippen molar-refractivity contribution in [3.05, 3.63) is 73.2 Å². The third-order valence-corrected chi connectivity index (χ3v) is 2.72. The van der Waals surface area contributed by atoms with E-state index in [-0.39, 0.29) is 0 Å². The first-order chi connectivity index (χ1) is 9.83. The van der Waals surface area contributed by atoms with Crippen LogP contribution in [-0.2, 0) is 0 Å². The predicted molar refractivity (Wildman–Crippen MR) is 82.8 cm³/mol. The second kappa shape index (κ2) is 7.19. The Hall–Kier alpha value is -2.48. The molecule has 0 N–H and O–H groups in total. The fourth-order valence-corrected chi connectivity index (χ4v) is 1.75. The third kappa shape index (κ3) is 3.75. The van der Waals surface area contributed by atoms with Gasteiger partial charge in [-0.15, -0.1) is 0 Å². The lowest BCUT2D eigenvalue weighted by Gasteiger charge is -2.05. The average Bonchev–Trinajstić information content (AvgIpc) is 2.52. The summed E-state index contributed by atoms with van der Waals surface area (Å²) in [5.74, 6) is 1.67. The van der Waals surface area contributed by atoms with E-state index in [0.717, 1.165) is 22.6 Å². The van der Waals surface area contributed by atoms with Crippen LogP contribution < -0.4 is 9.47 Å². The van der Waals surface area contributed by atoms with Crippen molar-refractivity contribution in [2.24, 2.45) is 0 Å². The number of hydrogen-bond acceptors (Lipinski definition) is 2. The van der Waals surface area contributed by atoms with Crippen molar-refractivity contribution in [2.75, 3.05) is 0 Å². The van der Waals surface area contributed by atoms with Gasteiger partial charge in [0.15, 0.2) is 0 Å². The van der Waals surface area contributed by atoms with Crippen LogP contribution in [0.1, 0.15) is 13.8 Å². The maximum absolute atomic E-state index is 5.40. The van der Waals surface area contributed by atoms with Crippen LogP contribution in [0.2, 0.25) is 0 Å². The second-order valence-electron chi connectivity index (χ2n) is 4.22. The van der Waals surface area contributed by atoms with E-state index in [1.807, 2.05) is 74.5 Å². The van der Waals surface area contributed by atoms with Crippen molar-refractivity contribution in [3.63, 3.8) is 0 Å². The summed E-state index contributed by atoms with van der Waals surface area (Å²) in [6, 6.07) is 16.0. The lowest BCUT2D eigenvalue weighted by molar-refractivity contribution is 0.480. The Morgan fingerprint density at radius 2 is 0.950 bits per heavy atom. The largest absolute Gasteiger partial charge is 0.465 e. The third-order valence-electron chi connectivity index (χ3n) is 2.72. The van der Waals surface area contributed by atoms with Crippen LogP contribution in [0, 0.1) is 0 Å². The highest BCUT2D eigenvalue weighted by molar-refractivity contribution is 5.64. The molecular formula is C18H18O2. The molecule has 0 amide bonds. The minimum atomic E-state index is 0.833. The van der Waals surface area contributed by atoms with Gasteiger partial charge in [-0.25, -0.2) is 0 Å². The van der Waals surface area contributed by atoms with Crippen LogP contribution in [0.25, 0.3) is 11.1 Å². The van der Waals surface area contributed by atoms with Gasteiger partial charge in [-0.2, -0.15) is 0 Å². The summed E-state index contributed by atoms with van der Waals surface area (Å²) in [4.78, 5) is 0. The summed E-state index contributed by atoms with van der Waals surface area (Å²) >= 11 is 0. The Bertz CT molecular complexity index is 522. The molecule has 0 radical (unpaired) electrons. The molecule has 2 nitrogen and oxygen atoms in total. The normalized spacial score (nSPS) is 11.1. The fraction of sp³-hybridized carbons (Fsp3) is 0.111. The number of hydrogen-bond donors (Lipinski definition) is 0. The minimum Gasteiger partial charge on any atom is -0.465 e. The number of benzene rings is 2. The first-order valence-corrected chi connectivity index (χ1v) is 6.59. The Morgan fingerprint density at radius 3 is 1.25 bits per heavy atom. The first-order valence-electron chi connectivity index (χ1n) is 6.59. The van der Waals surface area contributed by atoms with Crippen molar-refractivity contribution >= 4 is 0 Å². The van der Waals surface area contributed by atoms with Gasteiger partial charge in [-0.05, 0) is 49.2 Å². The minimum absolute atomic E-state index is 0.833. The monoisotopic (exact) mass is 266 g/mol. The fourth-order valence-electron chi connectivity index (χ4n) is 1.75. The van der Waals surface area contributed by atoms with E-state index >= 15 is 0 Å². The molecule has 0 fully saturated rings. The van der Waals surface area contributed by atoms with Gasteiger partial charge in [0, 0.05) is 0 Å². The molecule has 0 spiro atoms. The van der Waals surface area contributed by atoms with Crippen LogP contribution in [-0.4, -0.2) is 0 Å². The lowest BCUT2D eigenvalue weighted by atomic mass is 10.1. The standard InChI is InChI=1S/C18H18O2/c1-3-13-19-17-9-5-15(6-10-17)16-7-11-18(12-8-16)20-14-4-2/h3-14H,1-2H3/b13-3+,14-4+. The molecule has 2 rings (SSSR count). The van der Waals surface area contributed by atoms with Gasteiger partial charge in [-0.3, -0.25) is 0 Å². The molecule has 0 aliphatic heterocycles. The van der Waals surface area contributed by atoms with E-state index in [4.69, 9.17) is 9.47 Å². The van der Waals surface area contributed by atoms with Crippen LogP contribution >= 0.6 is 0 Å². The van der Waals surface area contributed by atoms with E-state index in [1.165, 1.54) is 0 Å². The molecule has 2 heteroatoms. The van der Waals surface area contributed by atoms with E-state index in [1.54, 1.807) is 12.5 Å². The second-order valence-corrected chi connectivity index (χ2v) is 4.22. The Balaban J connectivity index is 2.11. The molecule has 0 heterocycles. The SMILES string of the molecule is C/C=C/Oc1ccc(-c2ccc(O/C=C/C)cc2)cc1. The maximum Gasteiger partial charge on any atom is 0.126 e. The first kappa shape index (κ1) is 13.9. The Kier molecular flexibility index (Phi) is 5.01. The van der Waals surface area contributed by atoms with Gasteiger partial charge >= 0.3 is 0 Å². The predicted octanol–water partition coefficient (Wildman–Crippen LogP) is 5.18. The summed E-state index contributed by atoms with van der Waals surface area (Å²) < 4.78 is 10.8. The van der Waals surface area contributed by atoms with Gasteiger partial charge in [0.25, 0.3) is 0 Å². The highest BCUT2D eigenvalue weighted by Crippen LogP contribution is 2.24. The molecule has 102 valence electrons. The molecule has 0 saturated heterocycles. The number of allylic oxidation sites excluding steroid dienone is 2. The summed E-state index contributed by atoms with van der Waals surface area (Å²) in [6.07, 6.45) is 7.06. The summed E-state index contributed by atoms with van der Waals surface area (Å²) in [5.41, 5.74) is 2.30. The molecule has 2 aromatic carbocycles. The zero-order valence-corrected chi connectivity index (χ0v) is 11.7. The Labute approximate surface area is 120 Å². The van der Waals surface area contributed by atoms with Gasteiger partial charge < -0.3 is 9.47 Å².